The lowest BCUT2D eigenvalue weighted by atomic mass is 9.81. The van der Waals surface area contributed by atoms with Gasteiger partial charge >= 0.3 is 5.97 Å². The Balaban J connectivity index is 1.63. The van der Waals surface area contributed by atoms with Crippen LogP contribution in [0.15, 0.2) is 40.9 Å². The summed E-state index contributed by atoms with van der Waals surface area (Å²) in [6, 6.07) is 7.84. The number of carboxylic acids is 1. The van der Waals surface area contributed by atoms with Gasteiger partial charge in [-0.1, -0.05) is 12.1 Å². The number of aromatic nitrogens is 1. The summed E-state index contributed by atoms with van der Waals surface area (Å²) in [5.74, 6) is -2.63. The second-order valence-corrected chi connectivity index (χ2v) is 9.24. The fourth-order valence-electron chi connectivity index (χ4n) is 4.51. The maximum Gasteiger partial charge on any atom is 0.336 e. The van der Waals surface area contributed by atoms with Crippen LogP contribution in [0.25, 0.3) is 11.0 Å². The van der Waals surface area contributed by atoms with Crippen molar-refractivity contribution in [2.75, 3.05) is 24.7 Å². The number of hydrogen-bond acceptors (Lipinski definition) is 6. The molecular weight excluding hydrogens is 464 g/mol. The third-order valence-electron chi connectivity index (χ3n) is 6.44. The quantitative estimate of drug-likeness (QED) is 0.473. The van der Waals surface area contributed by atoms with Crippen molar-refractivity contribution in [3.8, 4) is 0 Å². The lowest BCUT2D eigenvalue weighted by molar-refractivity contribution is -0.135. The van der Waals surface area contributed by atoms with E-state index in [-0.39, 0.29) is 57.4 Å². The minimum Gasteiger partial charge on any atom is -0.478 e. The third-order valence-corrected chi connectivity index (χ3v) is 6.44. The van der Waals surface area contributed by atoms with Gasteiger partial charge in [0.05, 0.1) is 10.9 Å². The number of nitrogens with one attached hydrogen (secondary N) is 2. The van der Waals surface area contributed by atoms with Crippen LogP contribution < -0.4 is 10.6 Å². The molecule has 0 atom stereocenters. The topological polar surface area (TPSA) is 142 Å². The monoisotopic (exact) mass is 492 g/mol. The molecule has 188 valence electrons. The Morgan fingerprint density at radius 1 is 1.00 bits per heavy atom. The molecule has 2 aromatic heterocycles. The van der Waals surface area contributed by atoms with Gasteiger partial charge in [-0.25, -0.2) is 9.78 Å². The molecule has 1 fully saturated rings. The van der Waals surface area contributed by atoms with E-state index in [2.05, 4.69) is 15.6 Å². The molecule has 0 radical (unpaired) electrons. The van der Waals surface area contributed by atoms with Gasteiger partial charge in [-0.2, -0.15) is 0 Å². The second kappa shape index (κ2) is 10.2. The number of rotatable bonds is 6. The SMILES string of the molecule is Cc1ccc(NC(=O)c2oc3cccc(C(=O)O)c3c2NC(=O)[C@H]2CC[C@H](C(=O)N(C)C)CC2)nc1. The summed E-state index contributed by atoms with van der Waals surface area (Å²) in [6.45, 7) is 1.86. The Morgan fingerprint density at radius 2 is 1.69 bits per heavy atom. The molecule has 1 aromatic carbocycles. The first-order valence-electron chi connectivity index (χ1n) is 11.7. The van der Waals surface area contributed by atoms with Gasteiger partial charge in [0.1, 0.15) is 17.1 Å². The van der Waals surface area contributed by atoms with Crippen molar-refractivity contribution in [3.05, 3.63) is 53.4 Å². The maximum atomic E-state index is 13.2. The first kappa shape index (κ1) is 24.9. The maximum absolute atomic E-state index is 13.2. The summed E-state index contributed by atoms with van der Waals surface area (Å²) < 4.78 is 5.74. The number of aromatic carboxylic acids is 1. The Bertz CT molecular complexity index is 1320. The summed E-state index contributed by atoms with van der Waals surface area (Å²) in [4.78, 5) is 56.3. The molecule has 10 heteroatoms. The summed E-state index contributed by atoms with van der Waals surface area (Å²) in [7, 11) is 3.42. The predicted molar refractivity (Wildman–Crippen MR) is 133 cm³/mol. The molecule has 1 saturated carbocycles. The number of furan rings is 1. The molecule has 0 saturated heterocycles. The van der Waals surface area contributed by atoms with Crippen LogP contribution in [0.2, 0.25) is 0 Å². The lowest BCUT2D eigenvalue weighted by Crippen LogP contribution is -2.35. The van der Waals surface area contributed by atoms with Crippen LogP contribution in [0.1, 0.15) is 52.2 Å². The lowest BCUT2D eigenvalue weighted by Gasteiger charge is -2.28. The highest BCUT2D eigenvalue weighted by molar-refractivity contribution is 6.18. The van der Waals surface area contributed by atoms with Crippen molar-refractivity contribution < 1.29 is 28.7 Å². The Kier molecular flexibility index (Phi) is 7.05. The van der Waals surface area contributed by atoms with Crippen LogP contribution in [-0.4, -0.2) is 52.8 Å². The number of pyridine rings is 1. The van der Waals surface area contributed by atoms with E-state index in [0.717, 1.165) is 5.56 Å². The van der Waals surface area contributed by atoms with Gasteiger partial charge in [-0.3, -0.25) is 14.4 Å². The van der Waals surface area contributed by atoms with E-state index >= 15 is 0 Å². The molecule has 0 aliphatic heterocycles. The number of fused-ring (bicyclic) bond motifs is 1. The highest BCUT2D eigenvalue weighted by Gasteiger charge is 2.33. The van der Waals surface area contributed by atoms with Crippen molar-refractivity contribution in [1.82, 2.24) is 9.88 Å². The van der Waals surface area contributed by atoms with Crippen LogP contribution in [0.4, 0.5) is 11.5 Å². The zero-order chi connectivity index (χ0) is 26.0. The number of carbonyl (C=O) groups is 4. The van der Waals surface area contributed by atoms with E-state index in [4.69, 9.17) is 4.42 Å². The summed E-state index contributed by atoms with van der Waals surface area (Å²) >= 11 is 0. The molecule has 1 aliphatic rings. The van der Waals surface area contributed by atoms with E-state index in [1.54, 1.807) is 37.3 Å². The standard InChI is InChI=1S/C26H28N4O6/c1-14-7-12-19(27-13-14)28-24(32)22-21(20-17(26(34)35)5-4-6-18(20)36-22)29-23(31)15-8-10-16(11-9-15)25(33)30(2)3/h4-7,12-13,15-16H,8-11H2,1-3H3,(H,29,31)(H,34,35)(H,27,28,32)/t15-,16-. The van der Waals surface area contributed by atoms with E-state index in [1.807, 2.05) is 6.92 Å². The number of aryl methyl sites for hydroxylation is 1. The Labute approximate surface area is 207 Å². The van der Waals surface area contributed by atoms with Gasteiger partial charge in [-0.05, 0) is 56.4 Å². The van der Waals surface area contributed by atoms with Gasteiger partial charge < -0.3 is 25.1 Å². The molecule has 1 aliphatic carbocycles. The highest BCUT2D eigenvalue weighted by atomic mass is 16.4. The smallest absolute Gasteiger partial charge is 0.336 e. The molecule has 36 heavy (non-hydrogen) atoms. The van der Waals surface area contributed by atoms with E-state index in [1.165, 1.54) is 18.2 Å². The van der Waals surface area contributed by atoms with Gasteiger partial charge in [0.25, 0.3) is 5.91 Å². The highest BCUT2D eigenvalue weighted by Crippen LogP contribution is 2.36. The second-order valence-electron chi connectivity index (χ2n) is 9.24. The largest absolute Gasteiger partial charge is 0.478 e. The first-order chi connectivity index (χ1) is 17.2. The fourth-order valence-corrected chi connectivity index (χ4v) is 4.51. The van der Waals surface area contributed by atoms with Crippen molar-refractivity contribution in [3.63, 3.8) is 0 Å². The van der Waals surface area contributed by atoms with Crippen LogP contribution in [0.3, 0.4) is 0 Å². The molecular formula is C26H28N4O6. The fraction of sp³-hybridized carbons (Fsp3) is 0.346. The Hall–Kier alpha value is -4.21. The van der Waals surface area contributed by atoms with Crippen molar-refractivity contribution in [2.45, 2.75) is 32.6 Å². The summed E-state index contributed by atoms with van der Waals surface area (Å²) in [5, 5.41) is 15.3. The minimum absolute atomic E-state index is 0.00380. The van der Waals surface area contributed by atoms with Crippen molar-refractivity contribution in [2.24, 2.45) is 11.8 Å². The van der Waals surface area contributed by atoms with E-state index < -0.39 is 11.9 Å². The average molecular weight is 493 g/mol. The summed E-state index contributed by atoms with van der Waals surface area (Å²) in [6.07, 6.45) is 3.76. The summed E-state index contributed by atoms with van der Waals surface area (Å²) in [5.41, 5.74) is 0.980. The molecule has 3 N–H and O–H groups in total. The molecule has 3 aromatic rings. The van der Waals surface area contributed by atoms with Crippen molar-refractivity contribution in [1.29, 1.82) is 0 Å². The minimum atomic E-state index is -1.22. The average Bonchev–Trinajstić information content (AvgIpc) is 3.23. The molecule has 0 bridgehead atoms. The number of anilines is 2. The number of amides is 3. The molecule has 0 unspecified atom stereocenters. The van der Waals surface area contributed by atoms with Crippen LogP contribution in [0, 0.1) is 18.8 Å². The number of carboxylic acid groups (broad SMARTS) is 1. The normalized spacial score (nSPS) is 17.4. The van der Waals surface area contributed by atoms with Crippen LogP contribution in [-0.2, 0) is 9.59 Å². The number of nitrogens with zero attached hydrogens (tertiary/aromatic N) is 2. The third kappa shape index (κ3) is 5.07. The molecule has 3 amide bonds. The van der Waals surface area contributed by atoms with Crippen LogP contribution in [0.5, 0.6) is 0 Å². The van der Waals surface area contributed by atoms with E-state index in [0.29, 0.717) is 25.7 Å². The Morgan fingerprint density at radius 3 is 2.31 bits per heavy atom. The number of hydrogen-bond donors (Lipinski definition) is 3. The van der Waals surface area contributed by atoms with Gasteiger partial charge in [0, 0.05) is 32.1 Å². The molecule has 4 rings (SSSR count). The van der Waals surface area contributed by atoms with Crippen molar-refractivity contribution >= 4 is 46.2 Å². The first-order valence-corrected chi connectivity index (χ1v) is 11.7. The van der Waals surface area contributed by atoms with Gasteiger partial charge in [0.2, 0.25) is 17.6 Å². The van der Waals surface area contributed by atoms with Gasteiger partial charge in [0.15, 0.2) is 0 Å². The number of carbonyl (C=O) groups excluding carboxylic acids is 3. The number of benzene rings is 1. The molecule has 2 heterocycles. The van der Waals surface area contributed by atoms with E-state index in [9.17, 15) is 24.3 Å². The van der Waals surface area contributed by atoms with Crippen LogP contribution >= 0.6 is 0 Å². The van der Waals surface area contributed by atoms with Gasteiger partial charge in [-0.15, -0.1) is 0 Å². The molecule has 0 spiro atoms. The predicted octanol–water partition coefficient (Wildman–Crippen LogP) is 3.92. The zero-order valence-corrected chi connectivity index (χ0v) is 20.3. The molecule has 10 nitrogen and oxygen atoms in total. The zero-order valence-electron chi connectivity index (χ0n) is 20.3.